The molecule has 2 heterocycles. The van der Waals surface area contributed by atoms with Gasteiger partial charge in [-0.05, 0) is 51.1 Å². The SMILES string of the molecule is Cc1cc(C(=O)C(C)OC(=O)CN2CSCC2=O)c(C)n1-c1ccc(OC(F)F)cc1. The molecule has 1 atom stereocenters. The lowest BCUT2D eigenvalue weighted by molar-refractivity contribution is -0.150. The van der Waals surface area contributed by atoms with Crippen LogP contribution >= 0.6 is 11.8 Å². The fourth-order valence-corrected chi connectivity index (χ4v) is 4.29. The number of Topliss-reactive ketones (excluding diaryl/α,β-unsaturated/α-hetero) is 1. The van der Waals surface area contributed by atoms with E-state index < -0.39 is 18.7 Å². The van der Waals surface area contributed by atoms with E-state index in [1.54, 1.807) is 36.6 Å². The molecule has 1 saturated heterocycles. The van der Waals surface area contributed by atoms with E-state index in [1.807, 2.05) is 0 Å². The molecule has 166 valence electrons. The Bertz CT molecular complexity index is 990. The molecule has 0 spiro atoms. The number of carbonyl (C=O) groups excluding carboxylic acids is 3. The maximum Gasteiger partial charge on any atom is 0.387 e. The number of halogens is 2. The van der Waals surface area contributed by atoms with Gasteiger partial charge in [0.25, 0.3) is 0 Å². The number of nitrogens with zero attached hydrogens (tertiary/aromatic N) is 2. The summed E-state index contributed by atoms with van der Waals surface area (Å²) in [6.45, 7) is 1.95. The van der Waals surface area contributed by atoms with Crippen LogP contribution in [0.25, 0.3) is 5.69 Å². The molecule has 10 heteroatoms. The van der Waals surface area contributed by atoms with Gasteiger partial charge in [-0.25, -0.2) is 0 Å². The molecule has 31 heavy (non-hydrogen) atoms. The zero-order valence-electron chi connectivity index (χ0n) is 17.3. The van der Waals surface area contributed by atoms with Crippen LogP contribution in [0.5, 0.6) is 5.75 Å². The van der Waals surface area contributed by atoms with E-state index in [9.17, 15) is 23.2 Å². The van der Waals surface area contributed by atoms with Gasteiger partial charge in [-0.15, -0.1) is 11.8 Å². The first kappa shape index (κ1) is 22.8. The highest BCUT2D eigenvalue weighted by Crippen LogP contribution is 2.25. The number of ether oxygens (including phenoxy) is 2. The number of ketones is 1. The van der Waals surface area contributed by atoms with Gasteiger partial charge in [-0.2, -0.15) is 8.78 Å². The summed E-state index contributed by atoms with van der Waals surface area (Å²) >= 11 is 1.42. The summed E-state index contributed by atoms with van der Waals surface area (Å²) in [6.07, 6.45) is -1.02. The molecule has 3 rings (SSSR count). The van der Waals surface area contributed by atoms with Crippen LogP contribution in [0.4, 0.5) is 8.78 Å². The van der Waals surface area contributed by atoms with Gasteiger partial charge in [0.2, 0.25) is 11.7 Å². The Balaban J connectivity index is 1.72. The largest absolute Gasteiger partial charge is 0.453 e. The predicted octanol–water partition coefficient (Wildman–Crippen LogP) is 3.34. The first-order valence-electron chi connectivity index (χ1n) is 9.50. The highest BCUT2D eigenvalue weighted by molar-refractivity contribution is 8.00. The van der Waals surface area contributed by atoms with Gasteiger partial charge in [0.15, 0.2) is 6.10 Å². The first-order chi connectivity index (χ1) is 14.7. The van der Waals surface area contributed by atoms with Crippen molar-refractivity contribution in [2.24, 2.45) is 0 Å². The van der Waals surface area contributed by atoms with Gasteiger partial charge in [0, 0.05) is 22.6 Å². The number of aryl methyl sites for hydroxylation is 1. The van der Waals surface area contributed by atoms with Gasteiger partial charge in [0.05, 0.1) is 11.6 Å². The zero-order chi connectivity index (χ0) is 22.7. The molecule has 0 saturated carbocycles. The zero-order valence-corrected chi connectivity index (χ0v) is 18.1. The van der Waals surface area contributed by atoms with E-state index >= 15 is 0 Å². The molecular formula is C21H22F2N2O5S. The van der Waals surface area contributed by atoms with Crippen molar-refractivity contribution < 1.29 is 32.6 Å². The summed E-state index contributed by atoms with van der Waals surface area (Å²) in [6, 6.07) is 7.75. The predicted molar refractivity (Wildman–Crippen MR) is 111 cm³/mol. The minimum absolute atomic E-state index is 0.0351. The van der Waals surface area contributed by atoms with Crippen molar-refractivity contribution in [2.75, 3.05) is 18.2 Å². The lowest BCUT2D eigenvalue weighted by Gasteiger charge is -2.17. The molecule has 1 amide bonds. The van der Waals surface area contributed by atoms with Crippen molar-refractivity contribution in [2.45, 2.75) is 33.5 Å². The molecule has 1 aromatic carbocycles. The van der Waals surface area contributed by atoms with E-state index in [4.69, 9.17) is 4.74 Å². The second kappa shape index (κ2) is 9.51. The maximum atomic E-state index is 12.9. The number of rotatable bonds is 8. The summed E-state index contributed by atoms with van der Waals surface area (Å²) in [5.41, 5.74) is 2.43. The smallest absolute Gasteiger partial charge is 0.387 e. The van der Waals surface area contributed by atoms with Crippen LogP contribution in [-0.4, -0.2) is 58.0 Å². The average molecular weight is 452 g/mol. The number of amides is 1. The van der Waals surface area contributed by atoms with Crippen LogP contribution in [0, 0.1) is 13.8 Å². The topological polar surface area (TPSA) is 77.8 Å². The lowest BCUT2D eigenvalue weighted by Crippen LogP contribution is -2.35. The number of hydrogen-bond donors (Lipinski definition) is 0. The van der Waals surface area contributed by atoms with Gasteiger partial charge in [-0.1, -0.05) is 0 Å². The molecule has 0 N–H and O–H groups in total. The van der Waals surface area contributed by atoms with Crippen LogP contribution in [-0.2, 0) is 14.3 Å². The monoisotopic (exact) mass is 452 g/mol. The van der Waals surface area contributed by atoms with Crippen LogP contribution in [0.15, 0.2) is 30.3 Å². The number of thioether (sulfide) groups is 1. The fraction of sp³-hybridized carbons (Fsp3) is 0.381. The second-order valence-corrected chi connectivity index (χ2v) is 8.01. The summed E-state index contributed by atoms with van der Waals surface area (Å²) in [4.78, 5) is 38.0. The number of esters is 1. The lowest BCUT2D eigenvalue weighted by atomic mass is 10.1. The van der Waals surface area contributed by atoms with E-state index in [-0.39, 0.29) is 24.0 Å². The van der Waals surface area contributed by atoms with Crippen molar-refractivity contribution >= 4 is 29.4 Å². The number of hydrogen-bond acceptors (Lipinski definition) is 6. The number of carbonyl (C=O) groups is 3. The molecule has 1 aliphatic heterocycles. The van der Waals surface area contributed by atoms with Crippen molar-refractivity contribution in [1.29, 1.82) is 0 Å². The van der Waals surface area contributed by atoms with Crippen LogP contribution in [0.3, 0.4) is 0 Å². The Morgan fingerprint density at radius 2 is 1.87 bits per heavy atom. The van der Waals surface area contributed by atoms with Crippen molar-refractivity contribution in [1.82, 2.24) is 9.47 Å². The van der Waals surface area contributed by atoms with E-state index in [1.165, 1.54) is 35.7 Å². The molecular weight excluding hydrogens is 430 g/mol. The Labute approximate surface area is 182 Å². The fourth-order valence-electron chi connectivity index (χ4n) is 3.39. The molecule has 0 aliphatic carbocycles. The van der Waals surface area contributed by atoms with E-state index in [0.717, 1.165) is 5.69 Å². The van der Waals surface area contributed by atoms with Crippen LogP contribution in [0.1, 0.15) is 28.7 Å². The van der Waals surface area contributed by atoms with E-state index in [2.05, 4.69) is 4.74 Å². The van der Waals surface area contributed by atoms with Gasteiger partial charge in [-0.3, -0.25) is 14.4 Å². The Morgan fingerprint density at radius 1 is 1.19 bits per heavy atom. The Kier molecular flexibility index (Phi) is 6.99. The van der Waals surface area contributed by atoms with Crippen LogP contribution in [0.2, 0.25) is 0 Å². The first-order valence-corrected chi connectivity index (χ1v) is 10.7. The summed E-state index contributed by atoms with van der Waals surface area (Å²) in [5, 5.41) is 0. The van der Waals surface area contributed by atoms with E-state index in [0.29, 0.717) is 28.6 Å². The molecule has 0 bridgehead atoms. The third-order valence-electron chi connectivity index (χ3n) is 4.84. The normalized spacial score (nSPS) is 14.8. The average Bonchev–Trinajstić information content (AvgIpc) is 3.23. The van der Waals surface area contributed by atoms with Crippen molar-refractivity contribution in [3.05, 3.63) is 47.3 Å². The van der Waals surface area contributed by atoms with Crippen molar-refractivity contribution in [3.8, 4) is 11.4 Å². The minimum atomic E-state index is -2.91. The highest BCUT2D eigenvalue weighted by atomic mass is 32.2. The molecule has 1 aliphatic rings. The minimum Gasteiger partial charge on any atom is -0.453 e. The number of alkyl halides is 2. The molecule has 7 nitrogen and oxygen atoms in total. The third kappa shape index (κ3) is 5.25. The summed E-state index contributed by atoms with van der Waals surface area (Å²) in [5.74, 6) is -0.336. The van der Waals surface area contributed by atoms with Gasteiger partial charge in [0.1, 0.15) is 12.3 Å². The molecule has 1 fully saturated rings. The Morgan fingerprint density at radius 3 is 2.45 bits per heavy atom. The maximum absolute atomic E-state index is 12.9. The highest BCUT2D eigenvalue weighted by Gasteiger charge is 2.27. The molecule has 1 aromatic heterocycles. The molecule has 0 radical (unpaired) electrons. The summed E-state index contributed by atoms with van der Waals surface area (Å²) < 4.78 is 36.1. The standard InChI is InChI=1S/C21H22F2N2O5S/c1-12-8-17(13(2)25(12)15-4-6-16(7-5-15)30-21(22)23)20(28)14(3)29-19(27)9-24-11-31-10-18(24)26/h4-8,14,21H,9-11H2,1-3H3. The third-order valence-corrected chi connectivity index (χ3v) is 5.78. The van der Waals surface area contributed by atoms with Gasteiger partial charge < -0.3 is 18.9 Å². The Hall–Kier alpha value is -2.88. The van der Waals surface area contributed by atoms with Crippen molar-refractivity contribution in [3.63, 3.8) is 0 Å². The molecule has 2 aromatic rings. The second-order valence-electron chi connectivity index (χ2n) is 7.06. The van der Waals surface area contributed by atoms with Crippen LogP contribution < -0.4 is 4.74 Å². The summed E-state index contributed by atoms with van der Waals surface area (Å²) in [7, 11) is 0. The van der Waals surface area contributed by atoms with Gasteiger partial charge >= 0.3 is 12.6 Å². The number of aromatic nitrogens is 1. The quantitative estimate of drug-likeness (QED) is 0.452. The number of benzene rings is 1. The molecule has 1 unspecified atom stereocenters.